The van der Waals surface area contributed by atoms with Gasteiger partial charge in [-0.3, -0.25) is 28.9 Å². The summed E-state index contributed by atoms with van der Waals surface area (Å²) in [4.78, 5) is 65.2. The number of ether oxygens (including phenoxy) is 1. The standard InChI is InChI=1S/C28H27NO8/c1-3-37-21-11-14(4-7-19(21)30)23-15-5-6-16-24(28(36)29(27(16)35)9-8-22(32)33)17(15)12-18-20(31)10-13(2)26(34)25(18)23/h4-5,7,10-11,16-17,23-24,30H,3,6,8-9,12H2,1-2H3,(H,32,33)/t16-,17+,23-,24-/m0/s1. The second-order valence-electron chi connectivity index (χ2n) is 9.86. The predicted octanol–water partition coefficient (Wildman–Crippen LogP) is 2.70. The zero-order valence-corrected chi connectivity index (χ0v) is 20.5. The number of carbonyl (C=O) groups is 5. The summed E-state index contributed by atoms with van der Waals surface area (Å²) in [5.74, 6) is -4.81. The molecule has 0 bridgehead atoms. The van der Waals surface area contributed by atoms with E-state index >= 15 is 0 Å². The first-order valence-electron chi connectivity index (χ1n) is 12.4. The maximum absolute atomic E-state index is 13.5. The highest BCUT2D eigenvalue weighted by Crippen LogP contribution is 2.55. The summed E-state index contributed by atoms with van der Waals surface area (Å²) >= 11 is 0. The van der Waals surface area contributed by atoms with Gasteiger partial charge < -0.3 is 14.9 Å². The lowest BCUT2D eigenvalue weighted by Crippen LogP contribution is -2.40. The number of nitrogens with zero attached hydrogens (tertiary/aromatic N) is 1. The Bertz CT molecular complexity index is 1350. The van der Waals surface area contributed by atoms with Crippen LogP contribution in [0.1, 0.15) is 44.6 Å². The van der Waals surface area contributed by atoms with Gasteiger partial charge in [0.1, 0.15) is 0 Å². The number of likely N-dealkylation sites (tertiary alicyclic amines) is 1. The maximum Gasteiger partial charge on any atom is 0.305 e. The number of aliphatic carboxylic acids is 1. The van der Waals surface area contributed by atoms with E-state index in [1.54, 1.807) is 26.0 Å². The topological polar surface area (TPSA) is 138 Å². The first kappa shape index (κ1) is 24.7. The van der Waals surface area contributed by atoms with Crippen LogP contribution in [-0.4, -0.2) is 57.6 Å². The highest BCUT2D eigenvalue weighted by molar-refractivity contribution is 6.23. The van der Waals surface area contributed by atoms with E-state index in [1.807, 2.05) is 6.08 Å². The molecule has 9 nitrogen and oxygen atoms in total. The van der Waals surface area contributed by atoms with Crippen molar-refractivity contribution in [1.29, 1.82) is 0 Å². The van der Waals surface area contributed by atoms with Crippen molar-refractivity contribution in [2.45, 2.75) is 39.0 Å². The highest BCUT2D eigenvalue weighted by Gasteiger charge is 2.56. The van der Waals surface area contributed by atoms with Gasteiger partial charge in [-0.1, -0.05) is 17.7 Å². The van der Waals surface area contributed by atoms with Gasteiger partial charge in [-0.25, -0.2) is 0 Å². The predicted molar refractivity (Wildman–Crippen MR) is 130 cm³/mol. The Morgan fingerprint density at radius 3 is 2.59 bits per heavy atom. The fourth-order valence-electron chi connectivity index (χ4n) is 6.22. The van der Waals surface area contributed by atoms with E-state index < -0.39 is 41.5 Å². The lowest BCUT2D eigenvalue weighted by Gasteiger charge is -2.42. The molecule has 1 fully saturated rings. The number of amides is 2. The first-order valence-corrected chi connectivity index (χ1v) is 12.4. The van der Waals surface area contributed by atoms with E-state index in [0.29, 0.717) is 28.9 Å². The second kappa shape index (κ2) is 9.14. The van der Waals surface area contributed by atoms with Gasteiger partial charge in [0, 0.05) is 29.2 Å². The average Bonchev–Trinajstić information content (AvgIpc) is 3.11. The molecule has 192 valence electrons. The van der Waals surface area contributed by atoms with E-state index in [1.165, 1.54) is 12.1 Å². The largest absolute Gasteiger partial charge is 0.504 e. The third-order valence-electron chi connectivity index (χ3n) is 7.82. The van der Waals surface area contributed by atoms with Crippen molar-refractivity contribution < 1.29 is 38.9 Å². The zero-order chi connectivity index (χ0) is 26.6. The SMILES string of the molecule is CCOc1cc([C@H]2C3=CC[C@@H]4C(=O)N(CCC(=O)O)C(=O)[C@@H]4[C@@H]3CC3=C2C(=O)C(C)=CC3=O)ccc1O. The summed E-state index contributed by atoms with van der Waals surface area (Å²) in [6.45, 7) is 3.49. The van der Waals surface area contributed by atoms with Gasteiger partial charge in [0.15, 0.2) is 23.1 Å². The van der Waals surface area contributed by atoms with Gasteiger partial charge in [-0.2, -0.15) is 0 Å². The molecular weight excluding hydrogens is 478 g/mol. The molecule has 0 spiro atoms. The molecule has 1 aromatic carbocycles. The van der Waals surface area contributed by atoms with Gasteiger partial charge in [0.2, 0.25) is 11.8 Å². The Kier molecular flexibility index (Phi) is 6.09. The summed E-state index contributed by atoms with van der Waals surface area (Å²) in [6.07, 6.45) is 3.29. The molecule has 9 heteroatoms. The van der Waals surface area contributed by atoms with Crippen molar-refractivity contribution in [3.8, 4) is 11.5 Å². The Labute approximate surface area is 213 Å². The molecule has 5 rings (SSSR count). The number of carboxylic acid groups (broad SMARTS) is 1. The Morgan fingerprint density at radius 1 is 1.14 bits per heavy atom. The Morgan fingerprint density at radius 2 is 1.89 bits per heavy atom. The zero-order valence-electron chi connectivity index (χ0n) is 20.5. The number of carbonyl (C=O) groups excluding carboxylic acids is 4. The number of aromatic hydroxyl groups is 1. The van der Waals surface area contributed by atoms with Crippen LogP contribution in [0.2, 0.25) is 0 Å². The third-order valence-corrected chi connectivity index (χ3v) is 7.82. The molecule has 4 aliphatic rings. The maximum atomic E-state index is 13.5. The van der Waals surface area contributed by atoms with Crippen molar-refractivity contribution in [3.63, 3.8) is 0 Å². The minimum absolute atomic E-state index is 0.0578. The van der Waals surface area contributed by atoms with Gasteiger partial charge in [0.05, 0.1) is 24.9 Å². The number of imide groups is 1. The molecule has 1 aliphatic heterocycles. The van der Waals surface area contributed by atoms with E-state index in [-0.39, 0.29) is 48.9 Å². The van der Waals surface area contributed by atoms with Crippen LogP contribution in [0.3, 0.4) is 0 Å². The first-order chi connectivity index (χ1) is 17.6. The number of allylic oxidation sites excluding steroid dienone is 6. The van der Waals surface area contributed by atoms with E-state index in [9.17, 15) is 29.1 Å². The summed E-state index contributed by atoms with van der Waals surface area (Å²) in [6, 6.07) is 4.80. The van der Waals surface area contributed by atoms with Crippen LogP contribution in [0.4, 0.5) is 0 Å². The van der Waals surface area contributed by atoms with Crippen LogP contribution < -0.4 is 4.74 Å². The lowest BCUT2D eigenvalue weighted by atomic mass is 9.59. The molecule has 0 aromatic heterocycles. The summed E-state index contributed by atoms with van der Waals surface area (Å²) in [5.41, 5.74) is 2.44. The minimum atomic E-state index is -1.10. The van der Waals surface area contributed by atoms with Crippen LogP contribution >= 0.6 is 0 Å². The van der Waals surface area contributed by atoms with Crippen LogP contribution in [0.5, 0.6) is 11.5 Å². The number of rotatable bonds is 6. The summed E-state index contributed by atoms with van der Waals surface area (Å²) in [5, 5.41) is 19.3. The lowest BCUT2D eigenvalue weighted by molar-refractivity contribution is -0.142. The van der Waals surface area contributed by atoms with E-state index in [4.69, 9.17) is 9.84 Å². The third kappa shape index (κ3) is 3.89. The molecule has 4 atom stereocenters. The number of hydrogen-bond acceptors (Lipinski definition) is 7. The molecule has 1 aromatic rings. The number of fused-ring (bicyclic) bond motifs is 3. The van der Waals surface area contributed by atoms with Gasteiger partial charge in [-0.05, 0) is 56.4 Å². The number of ketones is 2. The number of phenolic OH excluding ortho intramolecular Hbond substituents is 1. The van der Waals surface area contributed by atoms with E-state index in [2.05, 4.69) is 0 Å². The normalized spacial score (nSPS) is 26.9. The molecule has 1 heterocycles. The fraction of sp³-hybridized carbons (Fsp3) is 0.393. The van der Waals surface area contributed by atoms with E-state index in [0.717, 1.165) is 10.5 Å². The van der Waals surface area contributed by atoms with Crippen molar-refractivity contribution in [1.82, 2.24) is 4.90 Å². The second-order valence-corrected chi connectivity index (χ2v) is 9.86. The molecule has 2 N–H and O–H groups in total. The molecular formula is C28H27NO8. The minimum Gasteiger partial charge on any atom is -0.504 e. The Hall–Kier alpha value is -4.01. The fourth-order valence-corrected chi connectivity index (χ4v) is 6.22. The molecule has 0 unspecified atom stereocenters. The van der Waals surface area contributed by atoms with Crippen LogP contribution in [0, 0.1) is 17.8 Å². The molecule has 1 saturated heterocycles. The molecule has 2 amide bonds. The number of carboxylic acids is 1. The Balaban J connectivity index is 1.63. The number of Topliss-reactive ketones (excluding diaryl/α,β-unsaturated/α-hetero) is 1. The van der Waals surface area contributed by atoms with Crippen LogP contribution in [0.15, 0.2) is 52.6 Å². The van der Waals surface area contributed by atoms with Crippen LogP contribution in [0.25, 0.3) is 0 Å². The highest BCUT2D eigenvalue weighted by atomic mass is 16.5. The monoisotopic (exact) mass is 505 g/mol. The van der Waals surface area contributed by atoms with Gasteiger partial charge >= 0.3 is 5.97 Å². The number of benzene rings is 1. The number of phenols is 1. The van der Waals surface area contributed by atoms with Gasteiger partial charge in [0.25, 0.3) is 0 Å². The quantitative estimate of drug-likeness (QED) is 0.342. The summed E-state index contributed by atoms with van der Waals surface area (Å²) < 4.78 is 5.57. The van der Waals surface area contributed by atoms with Crippen molar-refractivity contribution in [3.05, 3.63) is 58.2 Å². The van der Waals surface area contributed by atoms with Crippen LogP contribution in [-0.2, 0) is 24.0 Å². The molecule has 37 heavy (non-hydrogen) atoms. The molecule has 0 saturated carbocycles. The van der Waals surface area contributed by atoms with Crippen molar-refractivity contribution in [2.24, 2.45) is 17.8 Å². The molecule has 3 aliphatic carbocycles. The van der Waals surface area contributed by atoms with Crippen molar-refractivity contribution in [2.75, 3.05) is 13.2 Å². The average molecular weight is 506 g/mol. The summed E-state index contributed by atoms with van der Waals surface area (Å²) in [7, 11) is 0. The van der Waals surface area contributed by atoms with Crippen molar-refractivity contribution >= 4 is 29.4 Å². The van der Waals surface area contributed by atoms with Gasteiger partial charge in [-0.15, -0.1) is 0 Å². The molecule has 0 radical (unpaired) electrons. The number of hydrogen-bond donors (Lipinski definition) is 2. The smallest absolute Gasteiger partial charge is 0.305 e.